The maximum Gasteiger partial charge on any atom is 0.287 e. The second kappa shape index (κ2) is 5.25. The Morgan fingerprint density at radius 3 is 2.81 bits per heavy atom. The average molecular weight is 259 g/mol. The van der Waals surface area contributed by atoms with Gasteiger partial charge < -0.3 is 10.1 Å². The third-order valence-corrected chi connectivity index (χ3v) is 4.45. The van der Waals surface area contributed by atoms with Crippen LogP contribution in [0.15, 0.2) is 23.2 Å². The number of halogens is 1. The maximum atomic E-state index is 11.7. The Labute approximate surface area is 105 Å². The van der Waals surface area contributed by atoms with Gasteiger partial charge in [-0.1, -0.05) is 11.8 Å². The van der Waals surface area contributed by atoms with Crippen LogP contribution in [0, 0.1) is 5.21 Å². The molecule has 0 atom stereocenters. The molecule has 0 amide bonds. The molecule has 0 aliphatic carbocycles. The summed E-state index contributed by atoms with van der Waals surface area (Å²) in [4.78, 5) is 2.32. The molecule has 5 heteroatoms. The quantitative estimate of drug-likeness (QED) is 0.463. The fraction of sp³-hybridized carbons (Fsp3) is 0.545. The SMILES string of the molecule is CN1CCC(Sc2cccc(Cl)[n+]2[O-])CC1. The molecule has 1 aliphatic rings. The molecule has 1 aliphatic heterocycles. The van der Waals surface area contributed by atoms with E-state index in [9.17, 15) is 5.21 Å². The molecule has 1 aromatic rings. The number of pyridine rings is 1. The number of likely N-dealkylation sites (tertiary alicyclic amines) is 1. The molecule has 16 heavy (non-hydrogen) atoms. The molecule has 0 bridgehead atoms. The minimum Gasteiger partial charge on any atom is -0.617 e. The molecule has 0 aromatic carbocycles. The molecular formula is C11H15ClN2OS. The predicted molar refractivity (Wildman–Crippen MR) is 66.8 cm³/mol. The van der Waals surface area contributed by atoms with Crippen molar-refractivity contribution in [3.05, 3.63) is 28.6 Å². The van der Waals surface area contributed by atoms with Gasteiger partial charge in [0.25, 0.3) is 10.2 Å². The Balaban J connectivity index is 2.01. The van der Waals surface area contributed by atoms with Crippen LogP contribution < -0.4 is 4.73 Å². The Morgan fingerprint density at radius 1 is 1.44 bits per heavy atom. The van der Waals surface area contributed by atoms with E-state index in [0.29, 0.717) is 10.3 Å². The molecule has 1 saturated heterocycles. The third kappa shape index (κ3) is 2.81. The highest BCUT2D eigenvalue weighted by Gasteiger charge is 2.21. The van der Waals surface area contributed by atoms with Crippen LogP contribution in [-0.4, -0.2) is 30.3 Å². The van der Waals surface area contributed by atoms with Crippen LogP contribution in [0.4, 0.5) is 0 Å². The highest BCUT2D eigenvalue weighted by molar-refractivity contribution is 7.99. The van der Waals surface area contributed by atoms with Gasteiger partial charge in [-0.2, -0.15) is 0 Å². The van der Waals surface area contributed by atoms with Gasteiger partial charge in [0.1, 0.15) is 0 Å². The Morgan fingerprint density at radius 2 is 2.12 bits per heavy atom. The van der Waals surface area contributed by atoms with E-state index in [-0.39, 0.29) is 5.15 Å². The summed E-state index contributed by atoms with van der Waals surface area (Å²) in [5.74, 6) is 0. The third-order valence-electron chi connectivity index (χ3n) is 2.82. The molecule has 1 aromatic heterocycles. The first-order valence-electron chi connectivity index (χ1n) is 5.40. The lowest BCUT2D eigenvalue weighted by Crippen LogP contribution is -2.34. The zero-order chi connectivity index (χ0) is 11.5. The van der Waals surface area contributed by atoms with E-state index < -0.39 is 0 Å². The number of aromatic nitrogens is 1. The smallest absolute Gasteiger partial charge is 0.287 e. The van der Waals surface area contributed by atoms with Crippen molar-refractivity contribution in [3.63, 3.8) is 0 Å². The number of thioether (sulfide) groups is 1. The molecular weight excluding hydrogens is 244 g/mol. The van der Waals surface area contributed by atoms with Crippen molar-refractivity contribution in [2.45, 2.75) is 23.1 Å². The molecule has 0 unspecified atom stereocenters. The van der Waals surface area contributed by atoms with Gasteiger partial charge in [0.15, 0.2) is 0 Å². The van der Waals surface area contributed by atoms with Crippen LogP contribution in [0.2, 0.25) is 5.15 Å². The van der Waals surface area contributed by atoms with Gasteiger partial charge in [-0.05, 0) is 50.6 Å². The maximum absolute atomic E-state index is 11.7. The molecule has 3 nitrogen and oxygen atoms in total. The topological polar surface area (TPSA) is 30.2 Å². The number of piperidine rings is 1. The largest absolute Gasteiger partial charge is 0.617 e. The second-order valence-electron chi connectivity index (χ2n) is 4.10. The van der Waals surface area contributed by atoms with E-state index in [4.69, 9.17) is 11.6 Å². The number of hydrogen-bond donors (Lipinski definition) is 0. The fourth-order valence-electron chi connectivity index (χ4n) is 1.81. The van der Waals surface area contributed by atoms with Gasteiger partial charge >= 0.3 is 0 Å². The first-order chi connectivity index (χ1) is 7.66. The number of hydrogen-bond acceptors (Lipinski definition) is 3. The predicted octanol–water partition coefficient (Wildman–Crippen LogP) is 2.16. The van der Waals surface area contributed by atoms with Gasteiger partial charge in [0.2, 0.25) is 0 Å². The summed E-state index contributed by atoms with van der Waals surface area (Å²) in [6.45, 7) is 2.22. The van der Waals surface area contributed by atoms with Crippen LogP contribution in [0.1, 0.15) is 12.8 Å². The lowest BCUT2D eigenvalue weighted by molar-refractivity contribution is -0.643. The number of nitrogens with zero attached hydrogens (tertiary/aromatic N) is 2. The molecule has 0 N–H and O–H groups in total. The summed E-state index contributed by atoms with van der Waals surface area (Å²) >= 11 is 7.43. The Bertz CT molecular complexity index is 367. The lowest BCUT2D eigenvalue weighted by atomic mass is 10.1. The van der Waals surface area contributed by atoms with Gasteiger partial charge in [-0.3, -0.25) is 0 Å². The fourth-order valence-corrected chi connectivity index (χ4v) is 3.16. The van der Waals surface area contributed by atoms with Crippen LogP contribution in [0.3, 0.4) is 0 Å². The standard InChI is InChI=1S/C11H15ClN2OS/c1-13-7-5-9(6-8-13)16-11-4-2-3-10(12)14(11)15/h2-4,9H,5-8H2,1H3. The molecule has 0 radical (unpaired) electrons. The summed E-state index contributed by atoms with van der Waals surface area (Å²) in [6, 6.07) is 5.28. The zero-order valence-electron chi connectivity index (χ0n) is 9.23. The van der Waals surface area contributed by atoms with Crippen LogP contribution >= 0.6 is 23.4 Å². The second-order valence-corrected chi connectivity index (χ2v) is 5.81. The van der Waals surface area contributed by atoms with Crippen molar-refractivity contribution in [2.75, 3.05) is 20.1 Å². The normalized spacial score (nSPS) is 18.9. The van der Waals surface area contributed by atoms with Crippen molar-refractivity contribution in [2.24, 2.45) is 0 Å². The van der Waals surface area contributed by atoms with Crippen LogP contribution in [0.25, 0.3) is 0 Å². The molecule has 0 saturated carbocycles. The first kappa shape index (κ1) is 12.0. The summed E-state index contributed by atoms with van der Waals surface area (Å²) in [5.41, 5.74) is 0. The van der Waals surface area contributed by atoms with E-state index >= 15 is 0 Å². The summed E-state index contributed by atoms with van der Waals surface area (Å²) < 4.78 is 0.810. The van der Waals surface area contributed by atoms with E-state index in [1.54, 1.807) is 17.8 Å². The van der Waals surface area contributed by atoms with Crippen LogP contribution in [0.5, 0.6) is 0 Å². The highest BCUT2D eigenvalue weighted by atomic mass is 35.5. The Hall–Kier alpha value is -0.450. The summed E-state index contributed by atoms with van der Waals surface area (Å²) in [5, 5.41) is 13.2. The van der Waals surface area contributed by atoms with Crippen molar-refractivity contribution < 1.29 is 4.73 Å². The minimum atomic E-state index is 0.248. The van der Waals surface area contributed by atoms with Gasteiger partial charge in [0.05, 0.1) is 0 Å². The van der Waals surface area contributed by atoms with Crippen molar-refractivity contribution >= 4 is 23.4 Å². The van der Waals surface area contributed by atoms with Crippen LogP contribution in [-0.2, 0) is 0 Å². The van der Waals surface area contributed by atoms with E-state index in [0.717, 1.165) is 30.7 Å². The average Bonchev–Trinajstić information content (AvgIpc) is 2.28. The summed E-state index contributed by atoms with van der Waals surface area (Å²) in [7, 11) is 2.13. The molecule has 0 spiro atoms. The van der Waals surface area contributed by atoms with Gasteiger partial charge in [-0.25, -0.2) is 0 Å². The minimum absolute atomic E-state index is 0.248. The van der Waals surface area contributed by atoms with Crippen molar-refractivity contribution in [3.8, 4) is 0 Å². The van der Waals surface area contributed by atoms with Gasteiger partial charge in [0, 0.05) is 17.4 Å². The molecule has 2 heterocycles. The molecule has 1 fully saturated rings. The number of rotatable bonds is 2. The molecule has 88 valence electrons. The van der Waals surface area contributed by atoms with Crippen molar-refractivity contribution in [1.29, 1.82) is 0 Å². The zero-order valence-corrected chi connectivity index (χ0v) is 10.8. The van der Waals surface area contributed by atoms with E-state index in [2.05, 4.69) is 11.9 Å². The lowest BCUT2D eigenvalue weighted by Gasteiger charge is -2.27. The Kier molecular flexibility index (Phi) is 3.95. The monoisotopic (exact) mass is 258 g/mol. The van der Waals surface area contributed by atoms with Gasteiger partial charge in [-0.15, -0.1) is 4.73 Å². The first-order valence-corrected chi connectivity index (χ1v) is 6.66. The highest BCUT2D eigenvalue weighted by Crippen LogP contribution is 2.28. The van der Waals surface area contributed by atoms with E-state index in [1.165, 1.54) is 0 Å². The summed E-state index contributed by atoms with van der Waals surface area (Å²) in [6.07, 6.45) is 2.27. The van der Waals surface area contributed by atoms with Crippen molar-refractivity contribution in [1.82, 2.24) is 4.90 Å². The van der Waals surface area contributed by atoms with E-state index in [1.807, 2.05) is 12.1 Å². The molecule has 2 rings (SSSR count).